The lowest BCUT2D eigenvalue weighted by molar-refractivity contribution is 0.312. The molecule has 2 N–H and O–H groups in total. The number of likely N-dealkylation sites (N-methyl/N-ethyl adjacent to an activating group) is 1. The summed E-state index contributed by atoms with van der Waals surface area (Å²) >= 11 is 6.24. The molecule has 2 aromatic carbocycles. The van der Waals surface area contributed by atoms with Crippen LogP contribution in [0.2, 0.25) is 5.02 Å². The topological polar surface area (TPSA) is 104 Å². The van der Waals surface area contributed by atoms with Gasteiger partial charge in [0.1, 0.15) is 18.0 Å². The first-order valence-electron chi connectivity index (χ1n) is 10.5. The molecule has 1 aromatic heterocycles. The average molecular weight is 615 g/mol. The molecule has 0 saturated carbocycles. The molecule has 0 bridgehead atoms. The van der Waals surface area contributed by atoms with Crippen molar-refractivity contribution in [2.45, 2.75) is 17.9 Å². The van der Waals surface area contributed by atoms with Crippen molar-refractivity contribution in [3.8, 4) is 0 Å². The van der Waals surface area contributed by atoms with Gasteiger partial charge in [-0.25, -0.2) is 9.37 Å². The highest BCUT2D eigenvalue weighted by atomic mass is 35.5. The lowest BCUT2D eigenvalue weighted by Gasteiger charge is -2.25. The van der Waals surface area contributed by atoms with Crippen molar-refractivity contribution < 1.29 is 21.3 Å². The van der Waals surface area contributed by atoms with E-state index in [0.717, 1.165) is 36.2 Å². The number of hydrogen-bond donors (Lipinski definition) is 2. The minimum atomic E-state index is -4.99. The Hall–Kier alpha value is -2.01. The number of benzene rings is 2. The maximum Gasteiger partial charge on any atom is 0.332 e. The largest absolute Gasteiger partial charge is 0.338 e. The van der Waals surface area contributed by atoms with Crippen LogP contribution in [-0.2, 0) is 27.8 Å². The molecule has 0 unspecified atom stereocenters. The van der Waals surface area contributed by atoms with Crippen LogP contribution in [0.1, 0.15) is 11.1 Å². The molecule has 0 amide bonds. The lowest BCUT2D eigenvalue weighted by Crippen LogP contribution is -2.26. The van der Waals surface area contributed by atoms with Crippen molar-refractivity contribution in [1.29, 1.82) is 0 Å². The Labute approximate surface area is 231 Å². The number of rotatable bonds is 6. The first kappa shape index (κ1) is 31.2. The molecule has 0 saturated heterocycles. The second-order valence-corrected chi connectivity index (χ2v) is 13.6. The molecule has 15 heteroatoms. The van der Waals surface area contributed by atoms with Crippen LogP contribution in [0.3, 0.4) is 0 Å². The van der Waals surface area contributed by atoms with Gasteiger partial charge in [0.15, 0.2) is 5.82 Å². The van der Waals surface area contributed by atoms with Crippen LogP contribution >= 0.6 is 43.6 Å². The summed E-state index contributed by atoms with van der Waals surface area (Å²) in [6, 6.07) is 6.58. The molecule has 0 radical (unpaired) electrons. The number of fused-ring (bicyclic) bond motifs is 1. The number of anilines is 4. The van der Waals surface area contributed by atoms with Gasteiger partial charge in [0.25, 0.3) is 0 Å². The molecule has 2 heterocycles. The zero-order chi connectivity index (χ0) is 25.5. The Morgan fingerprint density at radius 3 is 2.43 bits per heavy atom. The van der Waals surface area contributed by atoms with E-state index >= 15 is 0 Å². The molecule has 202 valence electrons. The highest BCUT2D eigenvalue weighted by Gasteiger charge is 2.23. The van der Waals surface area contributed by atoms with E-state index in [1.54, 1.807) is 6.07 Å². The highest BCUT2D eigenvalue weighted by molar-refractivity contribution is 7.86. The Bertz CT molecular complexity index is 1470. The molecule has 4 rings (SSSR count). The number of halogens is 5. The van der Waals surface area contributed by atoms with E-state index in [0.29, 0.717) is 6.54 Å². The molecule has 3 aromatic rings. The Morgan fingerprint density at radius 1 is 1.08 bits per heavy atom. The summed E-state index contributed by atoms with van der Waals surface area (Å²) < 4.78 is 63.7. The fraction of sp³-hybridized carbons (Fsp3) is 0.273. The Morgan fingerprint density at radius 2 is 1.78 bits per heavy atom. The van der Waals surface area contributed by atoms with Gasteiger partial charge in [-0.2, -0.15) is 13.4 Å². The van der Waals surface area contributed by atoms with Gasteiger partial charge in [-0.05, 0) is 68.3 Å². The number of aromatic nitrogens is 2. The molecule has 8 nitrogen and oxygen atoms in total. The summed E-state index contributed by atoms with van der Waals surface area (Å²) in [5.74, 6) is -0.280. The first-order valence-corrected chi connectivity index (χ1v) is 14.9. The summed E-state index contributed by atoms with van der Waals surface area (Å²) in [5, 5.41) is 5.99. The van der Waals surface area contributed by atoms with E-state index in [2.05, 4.69) is 25.5 Å². The third kappa shape index (κ3) is 7.31. The summed E-state index contributed by atoms with van der Waals surface area (Å²) in [6.07, 6.45) is 2.07. The zero-order valence-electron chi connectivity index (χ0n) is 20.0. The summed E-state index contributed by atoms with van der Waals surface area (Å²) in [5.41, 5.74) is 2.40. The maximum absolute atomic E-state index is 14.7. The molecule has 1 aliphatic heterocycles. The van der Waals surface area contributed by atoms with E-state index in [1.807, 2.05) is 7.05 Å². The predicted octanol–water partition coefficient (Wildman–Crippen LogP) is 5.49. The van der Waals surface area contributed by atoms with Crippen molar-refractivity contribution in [2.75, 3.05) is 37.6 Å². The van der Waals surface area contributed by atoms with Gasteiger partial charge in [-0.15, -0.1) is 28.7 Å². The second kappa shape index (κ2) is 11.8. The van der Waals surface area contributed by atoms with Gasteiger partial charge in [0.05, 0.1) is 22.5 Å². The van der Waals surface area contributed by atoms with E-state index in [1.165, 1.54) is 31.7 Å². The van der Waals surface area contributed by atoms with Gasteiger partial charge in [0, 0.05) is 18.4 Å². The van der Waals surface area contributed by atoms with Gasteiger partial charge in [0.2, 0.25) is 5.95 Å². The van der Waals surface area contributed by atoms with E-state index in [4.69, 9.17) is 11.6 Å². The molecule has 0 spiro atoms. The van der Waals surface area contributed by atoms with Crippen LogP contribution < -0.4 is 15.9 Å². The average Bonchev–Trinajstić information content (AvgIpc) is 2.75. The smallest absolute Gasteiger partial charge is 0.332 e. The van der Waals surface area contributed by atoms with Crippen molar-refractivity contribution in [3.63, 3.8) is 0 Å². The fourth-order valence-corrected chi connectivity index (χ4v) is 5.67. The second-order valence-electron chi connectivity index (χ2n) is 8.70. The third-order valence-corrected chi connectivity index (χ3v) is 8.19. The molecule has 0 fully saturated rings. The molecule has 1 aliphatic rings. The lowest BCUT2D eigenvalue weighted by atomic mass is 9.99. The molecule has 37 heavy (non-hydrogen) atoms. The predicted molar refractivity (Wildman–Crippen MR) is 148 cm³/mol. The van der Waals surface area contributed by atoms with E-state index in [9.17, 15) is 21.3 Å². The number of nitrogens with zero attached hydrogens (tertiary/aromatic N) is 3. The summed E-state index contributed by atoms with van der Waals surface area (Å²) in [7, 11) is -6.04. The third-order valence-electron chi connectivity index (χ3n) is 5.57. The minimum absolute atomic E-state index is 0. The standard InChI is InChI=1S/C22H23ClF2N5O3PS.2ClH/c1-30-7-6-13-8-17(24)19(9-14(13)12-30)28-22-26-11-16(23)21(29-22)27-18-5-4-15(35(25,32)33)10-20(18)34(2,3)31;;/h4-5,8-11H,6-7,12H2,1-3H3,(H2,26,27,28,29);2*1H. The highest BCUT2D eigenvalue weighted by Crippen LogP contribution is 2.40. The van der Waals surface area contributed by atoms with Crippen LogP contribution in [0, 0.1) is 5.82 Å². The molecular formula is C22H25Cl3F2N5O3PS. The van der Waals surface area contributed by atoms with Gasteiger partial charge in [-0.3, -0.25) is 0 Å². The van der Waals surface area contributed by atoms with Crippen molar-refractivity contribution in [3.05, 3.63) is 58.5 Å². The van der Waals surface area contributed by atoms with E-state index < -0.39 is 28.1 Å². The van der Waals surface area contributed by atoms with Crippen molar-refractivity contribution in [2.24, 2.45) is 0 Å². The molecule has 0 atom stereocenters. The quantitative estimate of drug-likeness (QED) is 0.277. The normalized spacial score (nSPS) is 13.7. The van der Waals surface area contributed by atoms with Gasteiger partial charge in [-0.1, -0.05) is 11.6 Å². The van der Waals surface area contributed by atoms with Crippen LogP contribution in [0.15, 0.2) is 41.4 Å². The van der Waals surface area contributed by atoms with Crippen LogP contribution in [0.25, 0.3) is 0 Å². The van der Waals surface area contributed by atoms with Gasteiger partial charge < -0.3 is 20.1 Å². The first-order chi connectivity index (χ1) is 16.3. The van der Waals surface area contributed by atoms with Crippen LogP contribution in [0.5, 0.6) is 0 Å². The van der Waals surface area contributed by atoms with Crippen LogP contribution in [-0.4, -0.2) is 50.2 Å². The zero-order valence-corrected chi connectivity index (χ0v) is 24.1. The van der Waals surface area contributed by atoms with Crippen molar-refractivity contribution in [1.82, 2.24) is 14.9 Å². The summed E-state index contributed by atoms with van der Waals surface area (Å²) in [4.78, 5) is 9.94. The molecular weight excluding hydrogens is 590 g/mol. The minimum Gasteiger partial charge on any atom is -0.338 e. The monoisotopic (exact) mass is 613 g/mol. The van der Waals surface area contributed by atoms with Crippen molar-refractivity contribution >= 4 is 82.2 Å². The van der Waals surface area contributed by atoms with E-state index in [-0.39, 0.29) is 58.3 Å². The fourth-order valence-electron chi connectivity index (χ4n) is 3.79. The Kier molecular flexibility index (Phi) is 9.95. The SMILES string of the molecule is CN1CCc2cc(F)c(Nc3ncc(Cl)c(Nc4ccc(S(=O)(=O)F)cc4P(C)(C)=O)n3)cc2C1.Cl.Cl. The Balaban J connectivity index is 0.00000241. The van der Waals surface area contributed by atoms with Gasteiger partial charge >= 0.3 is 10.2 Å². The number of hydrogen-bond acceptors (Lipinski definition) is 8. The summed E-state index contributed by atoms with van der Waals surface area (Å²) in [6.45, 7) is 4.40. The maximum atomic E-state index is 14.7. The van der Waals surface area contributed by atoms with Crippen LogP contribution in [0.4, 0.5) is 31.4 Å². The number of nitrogens with one attached hydrogen (secondary N) is 2. The molecule has 0 aliphatic carbocycles.